The molecule has 31 heavy (non-hydrogen) atoms. The number of halogens is 1. The molecule has 5 heteroatoms. The molecule has 0 amide bonds. The lowest BCUT2D eigenvalue weighted by atomic mass is 9.75. The quantitative estimate of drug-likeness (QED) is 0.192. The molecule has 0 aromatic heterocycles. The zero-order valence-corrected chi connectivity index (χ0v) is 22.1. The second-order valence-corrected chi connectivity index (χ2v) is 16.1. The first-order valence-electron chi connectivity index (χ1n) is 11.3. The van der Waals surface area contributed by atoms with Crippen molar-refractivity contribution in [3.63, 3.8) is 0 Å². The molecule has 2 aromatic carbocycles. The van der Waals surface area contributed by atoms with Gasteiger partial charge in [-0.3, -0.25) is 0 Å². The first-order valence-corrected chi connectivity index (χ1v) is 15.0. The minimum absolute atomic E-state index is 0.164. The van der Waals surface area contributed by atoms with Gasteiger partial charge in [-0.25, -0.2) is 4.99 Å². The number of hydrogen-bond donors (Lipinski definition) is 1. The molecular formula is C26H36ClNOSSi. The van der Waals surface area contributed by atoms with Gasteiger partial charge < -0.3 is 4.43 Å². The lowest BCUT2D eigenvalue weighted by Crippen LogP contribution is -2.51. The maximum atomic E-state index is 7.13. The molecule has 2 aromatic rings. The van der Waals surface area contributed by atoms with Crippen molar-refractivity contribution in [1.82, 2.24) is 0 Å². The number of thiol groups is 1. The van der Waals surface area contributed by atoms with Gasteiger partial charge in [-0.15, -0.1) is 12.6 Å². The summed E-state index contributed by atoms with van der Waals surface area (Å²) >= 11 is 10.9. The van der Waals surface area contributed by atoms with Gasteiger partial charge in [0.15, 0.2) is 8.32 Å². The van der Waals surface area contributed by atoms with Gasteiger partial charge in [0.2, 0.25) is 0 Å². The molecule has 1 saturated carbocycles. The molecule has 0 atom stereocenters. The summed E-state index contributed by atoms with van der Waals surface area (Å²) in [7, 11) is -1.94. The van der Waals surface area contributed by atoms with Crippen molar-refractivity contribution in [2.45, 2.75) is 82.5 Å². The molecule has 1 fully saturated rings. The highest BCUT2D eigenvalue weighted by atomic mass is 35.5. The number of aliphatic imine (C=N–C) groups is 1. The van der Waals surface area contributed by atoms with Crippen molar-refractivity contribution < 1.29 is 4.43 Å². The molecule has 0 spiro atoms. The monoisotopic (exact) mass is 473 g/mol. The third-order valence-corrected chi connectivity index (χ3v) is 12.0. The third kappa shape index (κ3) is 6.47. The number of hydrogen-bond acceptors (Lipinski definition) is 2. The van der Waals surface area contributed by atoms with E-state index in [2.05, 4.69) is 64.2 Å². The summed E-state index contributed by atoms with van der Waals surface area (Å²) in [5.41, 5.74) is 2.09. The van der Waals surface area contributed by atoms with Gasteiger partial charge in [-0.05, 0) is 73.5 Å². The van der Waals surface area contributed by atoms with Crippen LogP contribution in [0.5, 0.6) is 0 Å². The Morgan fingerprint density at radius 2 is 1.74 bits per heavy atom. The smallest absolute Gasteiger partial charge is 0.192 e. The number of rotatable bonds is 6. The van der Waals surface area contributed by atoms with E-state index >= 15 is 0 Å². The standard InChI is InChI=1S/C26H36ClNOSSi/c1-25(2,3)31(4,5)29-26(19-24(30)28-23-13-9-12-22(27)18-23)16-14-21(15-17-26)20-10-7-6-8-11-20/h6-13,18,21H,14-17,19H2,1-5H3,(H,28,30)/t21-,26-. The molecule has 0 N–H and O–H groups in total. The molecule has 0 saturated heterocycles. The van der Waals surface area contributed by atoms with E-state index in [1.807, 2.05) is 24.3 Å². The predicted octanol–water partition coefficient (Wildman–Crippen LogP) is 8.81. The molecule has 0 heterocycles. The van der Waals surface area contributed by atoms with Crippen molar-refractivity contribution in [3.05, 3.63) is 65.2 Å². The fourth-order valence-electron chi connectivity index (χ4n) is 4.23. The summed E-state index contributed by atoms with van der Waals surface area (Å²) in [6.45, 7) is 11.6. The highest BCUT2D eigenvalue weighted by Crippen LogP contribution is 2.47. The molecule has 3 rings (SSSR count). The van der Waals surface area contributed by atoms with Crippen molar-refractivity contribution in [2.75, 3.05) is 0 Å². The van der Waals surface area contributed by atoms with Crippen LogP contribution in [0.1, 0.15) is 64.4 Å². The predicted molar refractivity (Wildman–Crippen MR) is 141 cm³/mol. The summed E-state index contributed by atoms with van der Waals surface area (Å²) < 4.78 is 7.13. The first kappa shape index (κ1) is 24.6. The molecular weight excluding hydrogens is 438 g/mol. The van der Waals surface area contributed by atoms with Crippen molar-refractivity contribution >= 4 is 43.3 Å². The van der Waals surface area contributed by atoms with E-state index in [-0.39, 0.29) is 10.6 Å². The van der Waals surface area contributed by atoms with Crippen molar-refractivity contribution in [2.24, 2.45) is 4.99 Å². The molecule has 0 bridgehead atoms. The summed E-state index contributed by atoms with van der Waals surface area (Å²) in [4.78, 5) is 4.76. The Kier molecular flexibility index (Phi) is 7.78. The Hall–Kier alpha value is -1.07. The second kappa shape index (κ2) is 9.82. The normalized spacial score (nSPS) is 23.1. The Balaban J connectivity index is 1.83. The van der Waals surface area contributed by atoms with Crippen LogP contribution in [0, 0.1) is 0 Å². The van der Waals surface area contributed by atoms with Crippen LogP contribution in [0.3, 0.4) is 0 Å². The zero-order chi connectivity index (χ0) is 22.7. The fraction of sp³-hybridized carbons (Fsp3) is 0.500. The lowest BCUT2D eigenvalue weighted by Gasteiger charge is -2.48. The summed E-state index contributed by atoms with van der Waals surface area (Å²) in [5.74, 6) is 0.602. The van der Waals surface area contributed by atoms with Gasteiger partial charge in [0.25, 0.3) is 0 Å². The van der Waals surface area contributed by atoms with Crippen LogP contribution in [-0.4, -0.2) is 19.0 Å². The van der Waals surface area contributed by atoms with E-state index in [0.29, 0.717) is 10.9 Å². The highest BCUT2D eigenvalue weighted by molar-refractivity contribution is 7.97. The van der Waals surface area contributed by atoms with Gasteiger partial charge in [0, 0.05) is 11.4 Å². The highest BCUT2D eigenvalue weighted by Gasteiger charge is 2.46. The second-order valence-electron chi connectivity index (χ2n) is 10.4. The van der Waals surface area contributed by atoms with E-state index in [4.69, 9.17) is 33.6 Å². The largest absolute Gasteiger partial charge is 0.411 e. The van der Waals surface area contributed by atoms with E-state index in [1.54, 1.807) is 0 Å². The van der Waals surface area contributed by atoms with E-state index in [1.165, 1.54) is 5.56 Å². The van der Waals surface area contributed by atoms with Gasteiger partial charge in [0.1, 0.15) is 0 Å². The number of benzene rings is 2. The van der Waals surface area contributed by atoms with Crippen LogP contribution in [0.4, 0.5) is 5.69 Å². The van der Waals surface area contributed by atoms with Gasteiger partial charge in [0.05, 0.1) is 16.3 Å². The minimum atomic E-state index is -1.94. The molecule has 0 radical (unpaired) electrons. The van der Waals surface area contributed by atoms with Crippen LogP contribution in [0.15, 0.2) is 59.6 Å². The minimum Gasteiger partial charge on any atom is -0.411 e. The van der Waals surface area contributed by atoms with Gasteiger partial charge in [-0.1, -0.05) is 68.8 Å². The van der Waals surface area contributed by atoms with Crippen molar-refractivity contribution in [3.8, 4) is 0 Å². The Morgan fingerprint density at radius 1 is 1.10 bits per heavy atom. The van der Waals surface area contributed by atoms with E-state index in [0.717, 1.165) is 42.8 Å². The zero-order valence-electron chi connectivity index (χ0n) is 19.5. The average Bonchev–Trinajstić information content (AvgIpc) is 2.68. The maximum Gasteiger partial charge on any atom is 0.192 e. The van der Waals surface area contributed by atoms with Crippen LogP contribution >= 0.6 is 24.2 Å². The molecule has 2 nitrogen and oxygen atoms in total. The van der Waals surface area contributed by atoms with E-state index in [9.17, 15) is 0 Å². The lowest BCUT2D eigenvalue weighted by molar-refractivity contribution is 0.0186. The summed E-state index contributed by atoms with van der Waals surface area (Å²) in [5, 5.41) is 1.68. The topological polar surface area (TPSA) is 21.6 Å². The Morgan fingerprint density at radius 3 is 2.32 bits per heavy atom. The third-order valence-electron chi connectivity index (χ3n) is 6.99. The molecule has 0 unspecified atom stereocenters. The van der Waals surface area contributed by atoms with Crippen LogP contribution < -0.4 is 0 Å². The van der Waals surface area contributed by atoms with Crippen LogP contribution in [-0.2, 0) is 4.43 Å². The van der Waals surface area contributed by atoms with Crippen LogP contribution in [0.25, 0.3) is 0 Å². The van der Waals surface area contributed by atoms with Crippen LogP contribution in [0.2, 0.25) is 23.2 Å². The summed E-state index contributed by atoms with van der Waals surface area (Å²) in [6, 6.07) is 18.5. The van der Waals surface area contributed by atoms with Gasteiger partial charge in [-0.2, -0.15) is 0 Å². The summed E-state index contributed by atoms with van der Waals surface area (Å²) in [6.07, 6.45) is 5.09. The van der Waals surface area contributed by atoms with Crippen molar-refractivity contribution in [1.29, 1.82) is 0 Å². The molecule has 0 aliphatic heterocycles. The fourth-order valence-corrected chi connectivity index (χ4v) is 6.49. The maximum absolute atomic E-state index is 7.13. The number of nitrogens with zero attached hydrogens (tertiary/aromatic N) is 1. The molecule has 1 aliphatic carbocycles. The first-order chi connectivity index (χ1) is 14.5. The average molecular weight is 474 g/mol. The Labute approximate surface area is 200 Å². The molecule has 168 valence electrons. The molecule has 1 aliphatic rings. The van der Waals surface area contributed by atoms with Gasteiger partial charge >= 0.3 is 0 Å². The van der Waals surface area contributed by atoms with E-state index < -0.39 is 8.32 Å². The SMILES string of the molecule is CC(C)(C)[Si](C)(C)O[C@]1(CC(S)=Nc2cccc(Cl)c2)CC[C@@H](c2ccccc2)CC1. The Bertz CT molecular complexity index is 899.